The molecule has 0 saturated heterocycles. The number of nitrogens with zero attached hydrogens (tertiary/aromatic N) is 3. The summed E-state index contributed by atoms with van der Waals surface area (Å²) in [4.78, 5) is 11.4. The third-order valence-corrected chi connectivity index (χ3v) is 2.01. The zero-order valence-corrected chi connectivity index (χ0v) is 10.3. The van der Waals surface area contributed by atoms with E-state index in [1.54, 1.807) is 13.8 Å². The lowest BCUT2D eigenvalue weighted by Crippen LogP contribution is -2.21. The van der Waals surface area contributed by atoms with Crippen LogP contribution in [0.3, 0.4) is 0 Å². The summed E-state index contributed by atoms with van der Waals surface area (Å²) in [7, 11) is 0. The summed E-state index contributed by atoms with van der Waals surface area (Å²) in [6, 6.07) is 0. The summed E-state index contributed by atoms with van der Waals surface area (Å²) in [6.45, 7) is 5.00. The van der Waals surface area contributed by atoms with Gasteiger partial charge in [-0.1, -0.05) is 19.1 Å². The number of rotatable bonds is 4. The summed E-state index contributed by atoms with van der Waals surface area (Å²) < 4.78 is 43.9. The van der Waals surface area contributed by atoms with E-state index in [1.165, 1.54) is 6.92 Å². The van der Waals surface area contributed by atoms with Crippen molar-refractivity contribution in [1.82, 2.24) is 15.0 Å². The van der Waals surface area contributed by atoms with Gasteiger partial charge < -0.3 is 4.74 Å². The molecule has 0 aliphatic rings. The van der Waals surface area contributed by atoms with E-state index in [4.69, 9.17) is 0 Å². The van der Waals surface area contributed by atoms with Gasteiger partial charge in [0.25, 0.3) is 0 Å². The van der Waals surface area contributed by atoms with E-state index in [2.05, 4.69) is 15.0 Å². The van der Waals surface area contributed by atoms with Gasteiger partial charge in [-0.15, -0.1) is 5.10 Å². The maximum absolute atomic E-state index is 12.9. The number of alkyl halides is 3. The molecular weight excluding hydrogens is 251 g/mol. The van der Waals surface area contributed by atoms with Gasteiger partial charge in [0.2, 0.25) is 5.69 Å². The van der Waals surface area contributed by atoms with Crippen LogP contribution in [0, 0.1) is 5.92 Å². The van der Waals surface area contributed by atoms with Crippen LogP contribution in [0.15, 0.2) is 0 Å². The van der Waals surface area contributed by atoms with Crippen LogP contribution in [-0.2, 0) is 17.5 Å². The second-order valence-electron chi connectivity index (χ2n) is 4.08. The van der Waals surface area contributed by atoms with E-state index < -0.39 is 23.5 Å². The van der Waals surface area contributed by atoms with Crippen LogP contribution in [-0.4, -0.2) is 27.6 Å². The Hall–Kier alpha value is -1.60. The maximum Gasteiger partial charge on any atom is 0.435 e. The number of aromatic nitrogens is 3. The van der Waals surface area contributed by atoms with Gasteiger partial charge >= 0.3 is 12.1 Å². The van der Waals surface area contributed by atoms with Crippen molar-refractivity contribution in [2.24, 2.45) is 5.92 Å². The van der Waals surface area contributed by atoms with Gasteiger partial charge in [0.15, 0.2) is 5.69 Å². The molecule has 0 N–H and O–H groups in total. The molecule has 8 heteroatoms. The van der Waals surface area contributed by atoms with Gasteiger partial charge in [-0.05, 0) is 12.8 Å². The molecule has 18 heavy (non-hydrogen) atoms. The van der Waals surface area contributed by atoms with Crippen molar-refractivity contribution in [3.8, 4) is 0 Å². The minimum Gasteiger partial charge on any atom is -0.461 e. The molecule has 0 fully saturated rings. The SMILES string of the molecule is CCOC(=O)c1nnn(CC(C)C)c1C(F)(F)F. The Balaban J connectivity index is 3.20. The molecule has 1 rings (SSSR count). The fraction of sp³-hybridized carbons (Fsp3) is 0.700. The van der Waals surface area contributed by atoms with Crippen LogP contribution in [0.5, 0.6) is 0 Å². The first-order chi connectivity index (χ1) is 8.27. The van der Waals surface area contributed by atoms with Crippen LogP contribution < -0.4 is 0 Å². The molecule has 0 radical (unpaired) electrons. The van der Waals surface area contributed by atoms with Crippen molar-refractivity contribution in [1.29, 1.82) is 0 Å². The van der Waals surface area contributed by atoms with Crippen LogP contribution in [0.1, 0.15) is 37.0 Å². The van der Waals surface area contributed by atoms with E-state index in [9.17, 15) is 18.0 Å². The average Bonchev–Trinajstić information content (AvgIpc) is 2.60. The summed E-state index contributed by atoms with van der Waals surface area (Å²) in [5.41, 5.74) is -1.94. The second-order valence-corrected chi connectivity index (χ2v) is 4.08. The molecule has 0 amide bonds. The van der Waals surface area contributed by atoms with Crippen molar-refractivity contribution in [3.05, 3.63) is 11.4 Å². The van der Waals surface area contributed by atoms with Crippen molar-refractivity contribution in [3.63, 3.8) is 0 Å². The Bertz CT molecular complexity index is 426. The predicted octanol–water partition coefficient (Wildman–Crippen LogP) is 2.13. The van der Waals surface area contributed by atoms with Crippen molar-refractivity contribution >= 4 is 5.97 Å². The molecule has 0 aliphatic heterocycles. The molecule has 102 valence electrons. The zero-order chi connectivity index (χ0) is 13.9. The quantitative estimate of drug-likeness (QED) is 0.782. The molecule has 0 saturated carbocycles. The summed E-state index contributed by atoms with van der Waals surface area (Å²) in [6.07, 6.45) is -4.69. The molecule has 0 atom stereocenters. The van der Waals surface area contributed by atoms with Crippen molar-refractivity contribution in [2.45, 2.75) is 33.5 Å². The van der Waals surface area contributed by atoms with E-state index in [0.29, 0.717) is 4.68 Å². The van der Waals surface area contributed by atoms with Crippen LogP contribution >= 0.6 is 0 Å². The van der Waals surface area contributed by atoms with Gasteiger partial charge in [-0.3, -0.25) is 0 Å². The number of carbonyl (C=O) groups is 1. The van der Waals surface area contributed by atoms with Gasteiger partial charge in [-0.25, -0.2) is 9.48 Å². The average molecular weight is 265 g/mol. The summed E-state index contributed by atoms with van der Waals surface area (Å²) in [5, 5.41) is 6.64. The summed E-state index contributed by atoms with van der Waals surface area (Å²) >= 11 is 0. The van der Waals surface area contributed by atoms with Crippen LogP contribution in [0.4, 0.5) is 13.2 Å². The number of carbonyl (C=O) groups excluding carboxylic acids is 1. The lowest BCUT2D eigenvalue weighted by molar-refractivity contribution is -0.145. The zero-order valence-electron chi connectivity index (χ0n) is 10.3. The Morgan fingerprint density at radius 3 is 2.50 bits per heavy atom. The van der Waals surface area contributed by atoms with E-state index in [0.717, 1.165) is 0 Å². The van der Waals surface area contributed by atoms with Crippen molar-refractivity contribution in [2.75, 3.05) is 6.61 Å². The Morgan fingerprint density at radius 2 is 2.06 bits per heavy atom. The number of esters is 1. The standard InChI is InChI=1S/C10H14F3N3O2/c1-4-18-9(17)7-8(10(11,12)13)16(15-14-7)5-6(2)3/h6H,4-5H2,1-3H3. The third kappa shape index (κ3) is 3.21. The molecule has 5 nitrogen and oxygen atoms in total. The monoisotopic (exact) mass is 265 g/mol. The summed E-state index contributed by atoms with van der Waals surface area (Å²) in [5.74, 6) is -1.16. The molecular formula is C10H14F3N3O2. The Kier molecular flexibility index (Phi) is 4.31. The third-order valence-electron chi connectivity index (χ3n) is 2.01. The normalized spacial score (nSPS) is 11.9. The predicted molar refractivity (Wildman–Crippen MR) is 55.8 cm³/mol. The Labute approximate surface area is 102 Å². The molecule has 0 aromatic carbocycles. The number of ether oxygens (including phenoxy) is 1. The first kappa shape index (κ1) is 14.5. The van der Waals surface area contributed by atoms with Gasteiger partial charge in [0.1, 0.15) is 0 Å². The highest BCUT2D eigenvalue weighted by molar-refractivity contribution is 5.88. The second kappa shape index (κ2) is 5.36. The van der Waals surface area contributed by atoms with E-state index in [1.807, 2.05) is 0 Å². The molecule has 0 unspecified atom stereocenters. The van der Waals surface area contributed by atoms with E-state index in [-0.39, 0.29) is 19.1 Å². The highest BCUT2D eigenvalue weighted by Crippen LogP contribution is 2.31. The molecule has 1 heterocycles. The largest absolute Gasteiger partial charge is 0.461 e. The molecule has 0 aliphatic carbocycles. The number of hydrogen-bond donors (Lipinski definition) is 0. The first-order valence-electron chi connectivity index (χ1n) is 5.45. The lowest BCUT2D eigenvalue weighted by Gasteiger charge is -2.12. The van der Waals surface area contributed by atoms with Crippen LogP contribution in [0.2, 0.25) is 0 Å². The first-order valence-corrected chi connectivity index (χ1v) is 5.45. The molecule has 0 spiro atoms. The van der Waals surface area contributed by atoms with Crippen LogP contribution in [0.25, 0.3) is 0 Å². The number of hydrogen-bond acceptors (Lipinski definition) is 4. The fourth-order valence-electron chi connectivity index (χ4n) is 1.40. The topological polar surface area (TPSA) is 57.0 Å². The van der Waals surface area contributed by atoms with Crippen molar-refractivity contribution < 1.29 is 22.7 Å². The van der Waals surface area contributed by atoms with Gasteiger partial charge in [0, 0.05) is 6.54 Å². The minimum atomic E-state index is -4.69. The molecule has 0 bridgehead atoms. The smallest absolute Gasteiger partial charge is 0.435 e. The fourth-order valence-corrected chi connectivity index (χ4v) is 1.40. The maximum atomic E-state index is 12.9. The minimum absolute atomic E-state index is 0.0207. The highest BCUT2D eigenvalue weighted by atomic mass is 19.4. The molecule has 1 aromatic rings. The molecule has 1 aromatic heterocycles. The number of halogens is 3. The lowest BCUT2D eigenvalue weighted by atomic mass is 10.2. The van der Waals surface area contributed by atoms with Gasteiger partial charge in [-0.2, -0.15) is 13.2 Å². The van der Waals surface area contributed by atoms with Gasteiger partial charge in [0.05, 0.1) is 6.61 Å². The van der Waals surface area contributed by atoms with E-state index >= 15 is 0 Å². The highest BCUT2D eigenvalue weighted by Gasteiger charge is 2.42. The Morgan fingerprint density at radius 1 is 1.44 bits per heavy atom.